The third kappa shape index (κ3) is 5.86. The number of carbonyl (C=O) groups is 1. The van der Waals surface area contributed by atoms with E-state index in [-0.39, 0.29) is 18.0 Å². The molecule has 1 heterocycles. The van der Waals surface area contributed by atoms with Gasteiger partial charge in [-0.2, -0.15) is 0 Å². The van der Waals surface area contributed by atoms with Crippen LogP contribution in [0.4, 0.5) is 0 Å². The maximum Gasteiger partial charge on any atom is 0.225 e. The zero-order valence-corrected chi connectivity index (χ0v) is 18.6. The Balaban J connectivity index is 1.51. The number of benzene rings is 1. The quantitative estimate of drug-likeness (QED) is 0.549. The van der Waals surface area contributed by atoms with Gasteiger partial charge >= 0.3 is 0 Å². The number of halogens is 1. The number of hydrogen-bond donors (Lipinski definition) is 2. The summed E-state index contributed by atoms with van der Waals surface area (Å²) in [5.74, 6) is 1.39. The minimum atomic E-state index is 0.204. The number of nitrogens with zero attached hydrogens (tertiary/aromatic N) is 3. The van der Waals surface area contributed by atoms with E-state index in [1.165, 1.54) is 18.4 Å². The van der Waals surface area contributed by atoms with Gasteiger partial charge in [-0.05, 0) is 51.1 Å². The molecule has 2 N–H and O–H groups in total. The van der Waals surface area contributed by atoms with E-state index in [0.717, 1.165) is 49.9 Å². The van der Waals surface area contributed by atoms with E-state index in [2.05, 4.69) is 46.8 Å². The lowest BCUT2D eigenvalue weighted by Gasteiger charge is -2.27. The number of likely N-dealkylation sites (N-methyl/N-ethyl adjacent to an activating group) is 1. The van der Waals surface area contributed by atoms with Crippen molar-refractivity contribution in [2.75, 3.05) is 40.8 Å². The normalized spacial score (nSPS) is 21.6. The van der Waals surface area contributed by atoms with Crippen molar-refractivity contribution in [1.82, 2.24) is 20.4 Å². The summed E-state index contributed by atoms with van der Waals surface area (Å²) in [6, 6.07) is 8.43. The third-order valence-corrected chi connectivity index (χ3v) is 6.36. The zero-order chi connectivity index (χ0) is 20.8. The van der Waals surface area contributed by atoms with Crippen LogP contribution in [0, 0.1) is 5.92 Å². The Kier molecular flexibility index (Phi) is 7.78. The van der Waals surface area contributed by atoms with Gasteiger partial charge in [-0.3, -0.25) is 9.79 Å². The van der Waals surface area contributed by atoms with Crippen molar-refractivity contribution in [3.63, 3.8) is 0 Å². The molecule has 2 unspecified atom stereocenters. The van der Waals surface area contributed by atoms with E-state index in [9.17, 15) is 4.79 Å². The first-order chi connectivity index (χ1) is 14.0. The minimum Gasteiger partial charge on any atom is -0.354 e. The van der Waals surface area contributed by atoms with Crippen molar-refractivity contribution >= 4 is 23.5 Å². The van der Waals surface area contributed by atoms with Crippen molar-refractivity contribution in [1.29, 1.82) is 0 Å². The number of nitrogens with one attached hydrogen (secondary N) is 2. The molecule has 29 heavy (non-hydrogen) atoms. The first kappa shape index (κ1) is 21.9. The van der Waals surface area contributed by atoms with Gasteiger partial charge < -0.3 is 20.4 Å². The fraction of sp³-hybridized carbons (Fsp3) is 0.636. The van der Waals surface area contributed by atoms with Crippen molar-refractivity contribution in [2.45, 2.75) is 44.2 Å². The van der Waals surface area contributed by atoms with Gasteiger partial charge in [0.25, 0.3) is 0 Å². The van der Waals surface area contributed by atoms with Gasteiger partial charge in [0, 0.05) is 43.7 Å². The molecule has 1 amide bonds. The van der Waals surface area contributed by atoms with Crippen LogP contribution < -0.4 is 10.6 Å². The SMILES string of the molecule is CN=C(NCC(c1ccc(Cl)cc1)N(C)C)NC1CCN(C(=O)C2CCCC2)C1. The van der Waals surface area contributed by atoms with E-state index in [1.54, 1.807) is 7.05 Å². The summed E-state index contributed by atoms with van der Waals surface area (Å²) in [6.07, 6.45) is 5.49. The molecule has 2 fully saturated rings. The average molecular weight is 420 g/mol. The summed E-state index contributed by atoms with van der Waals surface area (Å²) >= 11 is 6.03. The van der Waals surface area contributed by atoms with Gasteiger partial charge in [0.2, 0.25) is 5.91 Å². The fourth-order valence-corrected chi connectivity index (χ4v) is 4.50. The van der Waals surface area contributed by atoms with Crippen LogP contribution in [0.15, 0.2) is 29.3 Å². The molecule has 160 valence electrons. The maximum atomic E-state index is 12.7. The van der Waals surface area contributed by atoms with Crippen molar-refractivity contribution < 1.29 is 4.79 Å². The summed E-state index contributed by atoms with van der Waals surface area (Å²) in [6.45, 7) is 2.34. The molecule has 1 saturated carbocycles. The Morgan fingerprint density at radius 2 is 1.93 bits per heavy atom. The van der Waals surface area contributed by atoms with Crippen LogP contribution in [0.3, 0.4) is 0 Å². The molecule has 6 nitrogen and oxygen atoms in total. The molecule has 1 saturated heterocycles. The highest BCUT2D eigenvalue weighted by Crippen LogP contribution is 2.28. The van der Waals surface area contributed by atoms with Gasteiger partial charge in [-0.25, -0.2) is 0 Å². The predicted molar refractivity (Wildman–Crippen MR) is 119 cm³/mol. The standard InChI is InChI=1S/C22H34ClN5O/c1-24-22(25-14-20(27(2)3)16-8-10-18(23)11-9-16)26-19-12-13-28(15-19)21(29)17-6-4-5-7-17/h8-11,17,19-20H,4-7,12-15H2,1-3H3,(H2,24,25,26). The molecule has 0 spiro atoms. The Hall–Kier alpha value is -1.79. The Labute approximate surface area is 179 Å². The number of aliphatic imine (C=N–C) groups is 1. The lowest BCUT2D eigenvalue weighted by Crippen LogP contribution is -2.47. The van der Waals surface area contributed by atoms with Crippen molar-refractivity contribution in [3.05, 3.63) is 34.9 Å². The van der Waals surface area contributed by atoms with E-state index in [4.69, 9.17) is 11.6 Å². The van der Waals surface area contributed by atoms with Gasteiger partial charge in [-0.15, -0.1) is 0 Å². The minimum absolute atomic E-state index is 0.204. The fourth-order valence-electron chi connectivity index (χ4n) is 4.37. The summed E-state index contributed by atoms with van der Waals surface area (Å²) in [5.41, 5.74) is 1.21. The van der Waals surface area contributed by atoms with Gasteiger partial charge in [-0.1, -0.05) is 36.6 Å². The van der Waals surface area contributed by atoms with Crippen LogP contribution >= 0.6 is 11.6 Å². The lowest BCUT2D eigenvalue weighted by molar-refractivity contribution is -0.134. The highest BCUT2D eigenvalue weighted by molar-refractivity contribution is 6.30. The molecule has 3 rings (SSSR count). The molecule has 0 aromatic heterocycles. The summed E-state index contributed by atoms with van der Waals surface area (Å²) in [5, 5.41) is 7.70. The van der Waals surface area contributed by atoms with Crippen molar-refractivity contribution in [3.8, 4) is 0 Å². The average Bonchev–Trinajstić information content (AvgIpc) is 3.40. The summed E-state index contributed by atoms with van der Waals surface area (Å²) in [4.78, 5) is 21.3. The lowest BCUT2D eigenvalue weighted by atomic mass is 10.1. The van der Waals surface area contributed by atoms with Crippen LogP contribution in [0.5, 0.6) is 0 Å². The van der Waals surface area contributed by atoms with Crippen LogP contribution in [-0.4, -0.2) is 68.5 Å². The second-order valence-electron chi connectivity index (χ2n) is 8.38. The Morgan fingerprint density at radius 1 is 1.24 bits per heavy atom. The molecule has 0 bridgehead atoms. The third-order valence-electron chi connectivity index (χ3n) is 6.11. The van der Waals surface area contributed by atoms with Crippen LogP contribution in [-0.2, 0) is 4.79 Å². The molecule has 1 aromatic carbocycles. The Bertz CT molecular complexity index is 700. The number of likely N-dealkylation sites (tertiary alicyclic amines) is 1. The van der Waals surface area contributed by atoms with Gasteiger partial charge in [0.1, 0.15) is 0 Å². The first-order valence-corrected chi connectivity index (χ1v) is 11.0. The second kappa shape index (κ2) is 10.3. The predicted octanol–water partition coefficient (Wildman–Crippen LogP) is 2.90. The van der Waals surface area contributed by atoms with Crippen LogP contribution in [0.2, 0.25) is 5.02 Å². The highest BCUT2D eigenvalue weighted by atomic mass is 35.5. The largest absolute Gasteiger partial charge is 0.354 e. The number of hydrogen-bond acceptors (Lipinski definition) is 3. The highest BCUT2D eigenvalue weighted by Gasteiger charge is 2.32. The Morgan fingerprint density at radius 3 is 2.55 bits per heavy atom. The molecular weight excluding hydrogens is 386 g/mol. The van der Waals surface area contributed by atoms with Gasteiger partial charge in [0.05, 0.1) is 6.04 Å². The zero-order valence-electron chi connectivity index (χ0n) is 17.8. The smallest absolute Gasteiger partial charge is 0.225 e. The molecule has 0 radical (unpaired) electrons. The van der Waals surface area contributed by atoms with E-state index >= 15 is 0 Å². The summed E-state index contributed by atoms with van der Waals surface area (Å²) in [7, 11) is 5.93. The molecule has 1 aliphatic carbocycles. The monoisotopic (exact) mass is 419 g/mol. The number of amides is 1. The maximum absolute atomic E-state index is 12.7. The second-order valence-corrected chi connectivity index (χ2v) is 8.82. The van der Waals surface area contributed by atoms with E-state index in [1.807, 2.05) is 17.0 Å². The van der Waals surface area contributed by atoms with Crippen molar-refractivity contribution in [2.24, 2.45) is 10.9 Å². The molecule has 2 atom stereocenters. The van der Waals surface area contributed by atoms with Crippen LogP contribution in [0.1, 0.15) is 43.7 Å². The van der Waals surface area contributed by atoms with E-state index in [0.29, 0.717) is 5.91 Å². The van der Waals surface area contributed by atoms with E-state index < -0.39 is 0 Å². The molecule has 1 aromatic rings. The number of rotatable bonds is 6. The summed E-state index contributed by atoms with van der Waals surface area (Å²) < 4.78 is 0. The number of guanidine groups is 1. The molecule has 7 heteroatoms. The first-order valence-electron chi connectivity index (χ1n) is 10.7. The molecule has 2 aliphatic rings. The molecular formula is C22H34ClN5O. The topological polar surface area (TPSA) is 60.0 Å². The van der Waals surface area contributed by atoms with Crippen LogP contribution in [0.25, 0.3) is 0 Å². The molecule has 1 aliphatic heterocycles. The number of carbonyl (C=O) groups excluding carboxylic acids is 1. The van der Waals surface area contributed by atoms with Gasteiger partial charge in [0.15, 0.2) is 5.96 Å².